The third-order valence-corrected chi connectivity index (χ3v) is 3.25. The molecule has 6 heteroatoms. The quantitative estimate of drug-likeness (QED) is 0.775. The third kappa shape index (κ3) is 4.97. The molecule has 1 aromatic carbocycles. The number of rotatable bonds is 8. The first-order chi connectivity index (χ1) is 10.0. The van der Waals surface area contributed by atoms with E-state index in [-0.39, 0.29) is 11.3 Å². The fourth-order valence-corrected chi connectivity index (χ4v) is 2.12. The first kappa shape index (κ1) is 17.4. The largest absolute Gasteiger partial charge is 0.383 e. The Morgan fingerprint density at radius 2 is 1.81 bits per heavy atom. The molecule has 0 atom stereocenters. The highest BCUT2D eigenvalue weighted by Crippen LogP contribution is 2.20. The van der Waals surface area contributed by atoms with Crippen molar-refractivity contribution in [3.05, 3.63) is 29.3 Å². The van der Waals surface area contributed by atoms with E-state index in [1.165, 1.54) is 7.05 Å². The van der Waals surface area contributed by atoms with Gasteiger partial charge < -0.3 is 15.5 Å². The third-order valence-electron chi connectivity index (χ3n) is 3.25. The van der Waals surface area contributed by atoms with Crippen molar-refractivity contribution in [2.24, 2.45) is 0 Å². The monoisotopic (exact) mass is 299 g/mol. The second kappa shape index (κ2) is 8.56. The van der Waals surface area contributed by atoms with Crippen LogP contribution in [0.1, 0.15) is 30.6 Å². The van der Waals surface area contributed by atoms with Crippen LogP contribution in [0.25, 0.3) is 0 Å². The summed E-state index contributed by atoms with van der Waals surface area (Å²) in [5, 5.41) is 5.10. The van der Waals surface area contributed by atoms with Crippen LogP contribution in [0.4, 0.5) is 14.5 Å². The molecule has 0 aromatic heterocycles. The average molecular weight is 299 g/mol. The molecule has 0 aliphatic rings. The van der Waals surface area contributed by atoms with Crippen molar-refractivity contribution in [1.29, 1.82) is 0 Å². The Morgan fingerprint density at radius 1 is 1.19 bits per heavy atom. The molecule has 118 valence electrons. The second-order valence-corrected chi connectivity index (χ2v) is 4.76. The summed E-state index contributed by atoms with van der Waals surface area (Å²) in [4.78, 5) is 14.1. The molecule has 0 heterocycles. The van der Waals surface area contributed by atoms with Crippen LogP contribution in [0.2, 0.25) is 0 Å². The highest BCUT2D eigenvalue weighted by Gasteiger charge is 2.14. The highest BCUT2D eigenvalue weighted by atomic mass is 19.1. The molecular weight excluding hydrogens is 276 g/mol. The number of amides is 1. The van der Waals surface area contributed by atoms with E-state index in [0.717, 1.165) is 38.2 Å². The van der Waals surface area contributed by atoms with Crippen LogP contribution in [0.15, 0.2) is 12.1 Å². The van der Waals surface area contributed by atoms with E-state index in [0.29, 0.717) is 6.54 Å². The predicted octanol–water partition coefficient (Wildman–Crippen LogP) is 2.47. The van der Waals surface area contributed by atoms with Crippen molar-refractivity contribution in [3.63, 3.8) is 0 Å². The van der Waals surface area contributed by atoms with E-state index in [2.05, 4.69) is 29.4 Å². The van der Waals surface area contributed by atoms with Crippen LogP contribution in [0.5, 0.6) is 0 Å². The van der Waals surface area contributed by atoms with Crippen molar-refractivity contribution in [1.82, 2.24) is 10.2 Å². The summed E-state index contributed by atoms with van der Waals surface area (Å²) in [6.45, 7) is 7.19. The average Bonchev–Trinajstić information content (AvgIpc) is 2.45. The highest BCUT2D eigenvalue weighted by molar-refractivity contribution is 5.94. The van der Waals surface area contributed by atoms with Crippen molar-refractivity contribution >= 4 is 11.6 Å². The van der Waals surface area contributed by atoms with Crippen molar-refractivity contribution in [2.45, 2.75) is 20.3 Å². The van der Waals surface area contributed by atoms with Crippen molar-refractivity contribution < 1.29 is 13.6 Å². The molecule has 0 saturated carbocycles. The van der Waals surface area contributed by atoms with Crippen LogP contribution >= 0.6 is 0 Å². The molecule has 2 N–H and O–H groups in total. The number of likely N-dealkylation sites (N-methyl/N-ethyl adjacent to an activating group) is 1. The zero-order chi connectivity index (χ0) is 15.8. The minimum Gasteiger partial charge on any atom is -0.383 e. The molecule has 0 aliphatic heterocycles. The molecule has 1 rings (SSSR count). The minimum atomic E-state index is -0.774. The fraction of sp³-hybridized carbons (Fsp3) is 0.533. The van der Waals surface area contributed by atoms with Gasteiger partial charge in [0.2, 0.25) is 0 Å². The molecule has 0 spiro atoms. The Balaban J connectivity index is 2.60. The minimum absolute atomic E-state index is 0.0115. The molecule has 4 nitrogen and oxygen atoms in total. The van der Waals surface area contributed by atoms with E-state index in [1.807, 2.05) is 0 Å². The summed E-state index contributed by atoms with van der Waals surface area (Å²) < 4.78 is 27.2. The smallest absolute Gasteiger partial charge is 0.251 e. The first-order valence-electron chi connectivity index (χ1n) is 7.20. The molecular formula is C15H23F2N3O. The molecule has 1 aromatic rings. The normalized spacial score (nSPS) is 10.8. The van der Waals surface area contributed by atoms with Gasteiger partial charge >= 0.3 is 0 Å². The topological polar surface area (TPSA) is 44.4 Å². The van der Waals surface area contributed by atoms with Crippen molar-refractivity contribution in [3.8, 4) is 0 Å². The lowest BCUT2D eigenvalue weighted by molar-refractivity contribution is 0.0947. The number of nitrogens with zero attached hydrogens (tertiary/aromatic N) is 1. The van der Waals surface area contributed by atoms with Crippen LogP contribution in [0.3, 0.4) is 0 Å². The SMILES string of the molecule is CCCN(CC)CCNC(=O)c1cc(F)c(NC)c(F)c1. The van der Waals surface area contributed by atoms with E-state index in [1.54, 1.807) is 0 Å². The summed E-state index contributed by atoms with van der Waals surface area (Å²) in [6, 6.07) is 2.07. The Bertz CT molecular complexity index is 457. The van der Waals surface area contributed by atoms with Gasteiger partial charge in [0.1, 0.15) is 17.3 Å². The van der Waals surface area contributed by atoms with Gasteiger partial charge in [0.15, 0.2) is 0 Å². The zero-order valence-electron chi connectivity index (χ0n) is 12.8. The number of nitrogens with one attached hydrogen (secondary N) is 2. The molecule has 0 bridgehead atoms. The number of carbonyl (C=O) groups excluding carboxylic acids is 1. The molecule has 0 saturated heterocycles. The molecule has 0 unspecified atom stereocenters. The van der Waals surface area contributed by atoms with Gasteiger partial charge in [-0.1, -0.05) is 13.8 Å². The van der Waals surface area contributed by atoms with Gasteiger partial charge in [-0.15, -0.1) is 0 Å². The summed E-state index contributed by atoms with van der Waals surface area (Å²) in [5.74, 6) is -2.02. The van der Waals surface area contributed by atoms with Gasteiger partial charge in [0.25, 0.3) is 5.91 Å². The number of carbonyl (C=O) groups is 1. The maximum absolute atomic E-state index is 13.6. The number of anilines is 1. The summed E-state index contributed by atoms with van der Waals surface area (Å²) >= 11 is 0. The lowest BCUT2D eigenvalue weighted by Gasteiger charge is -2.19. The van der Waals surface area contributed by atoms with Crippen LogP contribution in [-0.2, 0) is 0 Å². The zero-order valence-corrected chi connectivity index (χ0v) is 12.8. The van der Waals surface area contributed by atoms with Crippen LogP contribution < -0.4 is 10.6 Å². The lowest BCUT2D eigenvalue weighted by atomic mass is 10.1. The number of hydrogen-bond donors (Lipinski definition) is 2. The van der Waals surface area contributed by atoms with E-state index < -0.39 is 17.5 Å². The number of hydrogen-bond acceptors (Lipinski definition) is 3. The summed E-state index contributed by atoms with van der Waals surface area (Å²) in [7, 11) is 1.42. The molecule has 0 radical (unpaired) electrons. The van der Waals surface area contributed by atoms with Gasteiger partial charge in [0, 0.05) is 25.7 Å². The van der Waals surface area contributed by atoms with Gasteiger partial charge in [0.05, 0.1) is 0 Å². The maximum atomic E-state index is 13.6. The van der Waals surface area contributed by atoms with Gasteiger partial charge in [-0.2, -0.15) is 0 Å². The Kier molecular flexibility index (Phi) is 7.08. The van der Waals surface area contributed by atoms with Gasteiger partial charge in [-0.25, -0.2) is 8.78 Å². The van der Waals surface area contributed by atoms with Gasteiger partial charge in [-0.3, -0.25) is 4.79 Å². The van der Waals surface area contributed by atoms with E-state index in [9.17, 15) is 13.6 Å². The van der Waals surface area contributed by atoms with Crippen LogP contribution in [-0.4, -0.2) is 44.0 Å². The van der Waals surface area contributed by atoms with Gasteiger partial charge in [-0.05, 0) is 31.6 Å². The fourth-order valence-electron chi connectivity index (χ4n) is 2.12. The predicted molar refractivity (Wildman–Crippen MR) is 80.6 cm³/mol. The van der Waals surface area contributed by atoms with Crippen LogP contribution in [0, 0.1) is 11.6 Å². The lowest BCUT2D eigenvalue weighted by Crippen LogP contribution is -2.35. The Hall–Kier alpha value is -1.69. The molecule has 0 aliphatic carbocycles. The van der Waals surface area contributed by atoms with E-state index in [4.69, 9.17) is 0 Å². The second-order valence-electron chi connectivity index (χ2n) is 4.76. The number of benzene rings is 1. The molecule has 1 amide bonds. The van der Waals surface area contributed by atoms with E-state index >= 15 is 0 Å². The standard InChI is InChI=1S/C15H23F2N3O/c1-4-7-20(5-2)8-6-19-15(21)11-9-12(16)14(18-3)13(17)10-11/h9-10,18H,4-8H2,1-3H3,(H,19,21). The summed E-state index contributed by atoms with van der Waals surface area (Å²) in [6.07, 6.45) is 1.05. The van der Waals surface area contributed by atoms with Crippen molar-refractivity contribution in [2.75, 3.05) is 38.5 Å². The Labute approximate surface area is 124 Å². The first-order valence-corrected chi connectivity index (χ1v) is 7.20. The molecule has 0 fully saturated rings. The Morgan fingerprint density at radius 3 is 2.29 bits per heavy atom. The molecule has 21 heavy (non-hydrogen) atoms. The summed E-state index contributed by atoms with van der Waals surface area (Å²) in [5.41, 5.74) is -0.241. The number of halogens is 2. The maximum Gasteiger partial charge on any atom is 0.251 e.